The van der Waals surface area contributed by atoms with Gasteiger partial charge in [-0.1, -0.05) is 262 Å². The van der Waals surface area contributed by atoms with E-state index < -0.39 is 6.10 Å². The maximum Gasteiger partial charge on any atom is 0.306 e. The Labute approximate surface area is 435 Å². The number of unbranched alkanes of at least 4 members (excludes halogenated alkanes) is 37. The second-order valence-corrected chi connectivity index (χ2v) is 20.6. The normalized spacial score (nSPS) is 12.3. The molecule has 0 saturated carbocycles. The Morgan fingerprint density at radius 1 is 0.286 bits per heavy atom. The second kappa shape index (κ2) is 58.9. The van der Waals surface area contributed by atoms with Crippen LogP contribution in [0.3, 0.4) is 0 Å². The molecule has 1 unspecified atom stereocenters. The molecule has 0 bridgehead atoms. The molecule has 0 aromatic heterocycles. The summed E-state index contributed by atoms with van der Waals surface area (Å²) < 4.78 is 16.8. The third kappa shape index (κ3) is 56.3. The third-order valence-corrected chi connectivity index (χ3v) is 13.5. The summed E-state index contributed by atoms with van der Waals surface area (Å²) in [5.74, 6) is -0.890. The van der Waals surface area contributed by atoms with E-state index in [1.165, 1.54) is 193 Å². The molecule has 0 aromatic rings. The minimum Gasteiger partial charge on any atom is -0.462 e. The summed E-state index contributed by atoms with van der Waals surface area (Å²) in [6.45, 7) is 6.57. The molecule has 0 heterocycles. The van der Waals surface area contributed by atoms with Gasteiger partial charge in [-0.05, 0) is 89.9 Å². The summed E-state index contributed by atoms with van der Waals surface area (Å²) in [5.41, 5.74) is 0. The Hall–Kier alpha value is -2.63. The van der Waals surface area contributed by atoms with Gasteiger partial charge in [0.15, 0.2) is 6.10 Å². The van der Waals surface area contributed by atoms with Crippen LogP contribution < -0.4 is 0 Å². The fraction of sp³-hybridized carbons (Fsp3) is 0.828. The Morgan fingerprint density at radius 2 is 0.529 bits per heavy atom. The van der Waals surface area contributed by atoms with E-state index >= 15 is 0 Å². The number of allylic oxidation sites excluding steroid dienone is 8. The largest absolute Gasteiger partial charge is 0.462 e. The van der Waals surface area contributed by atoms with Crippen molar-refractivity contribution in [3.05, 3.63) is 48.6 Å². The average molecular weight is 982 g/mol. The predicted molar refractivity (Wildman–Crippen MR) is 302 cm³/mol. The summed E-state index contributed by atoms with van der Waals surface area (Å²) in [5, 5.41) is 0. The molecular formula is C64H116O6. The van der Waals surface area contributed by atoms with Gasteiger partial charge >= 0.3 is 17.9 Å². The van der Waals surface area contributed by atoms with Gasteiger partial charge in [-0.2, -0.15) is 0 Å². The van der Waals surface area contributed by atoms with Crippen molar-refractivity contribution in [3.63, 3.8) is 0 Å². The first-order chi connectivity index (χ1) is 34.5. The molecule has 1 atom stereocenters. The van der Waals surface area contributed by atoms with Crippen LogP contribution in [0.2, 0.25) is 0 Å². The van der Waals surface area contributed by atoms with Gasteiger partial charge in [-0.3, -0.25) is 14.4 Å². The Bertz CT molecular complexity index is 1220. The molecule has 0 aliphatic rings. The van der Waals surface area contributed by atoms with Crippen LogP contribution in [0.1, 0.15) is 323 Å². The summed E-state index contributed by atoms with van der Waals surface area (Å²) in [6.07, 6.45) is 72.7. The highest BCUT2D eigenvalue weighted by atomic mass is 16.6. The van der Waals surface area contributed by atoms with E-state index in [-0.39, 0.29) is 31.1 Å². The summed E-state index contributed by atoms with van der Waals surface area (Å²) >= 11 is 0. The van der Waals surface area contributed by atoms with Crippen molar-refractivity contribution in [2.45, 2.75) is 329 Å². The lowest BCUT2D eigenvalue weighted by molar-refractivity contribution is -0.167. The number of carbonyl (C=O) groups excluding carboxylic acids is 3. The van der Waals surface area contributed by atoms with Crippen LogP contribution >= 0.6 is 0 Å². The Kier molecular flexibility index (Phi) is 56.7. The molecule has 0 spiro atoms. The lowest BCUT2D eigenvalue weighted by Gasteiger charge is -2.18. The standard InChI is InChI=1S/C64H116O6/c1-4-7-10-13-16-19-22-24-26-27-28-29-30-31-32-33-34-35-36-37-38-40-42-45-48-51-54-57-63(66)69-60-61(59-68-62(65)56-53-50-47-44-41-21-18-15-12-9-6-3)70-64(67)58-55-52-49-46-43-39-25-23-20-17-14-11-8-5-2/h14-15,17-18,23,25,27-28,61H,4-13,16,19-22,24,26,29-60H2,1-3H3/b17-14-,18-15-,25-23-,28-27-. The first-order valence-corrected chi connectivity index (χ1v) is 30.6. The lowest BCUT2D eigenvalue weighted by atomic mass is 10.0. The van der Waals surface area contributed by atoms with Gasteiger partial charge in [0, 0.05) is 19.3 Å². The van der Waals surface area contributed by atoms with Crippen LogP contribution in [0.4, 0.5) is 0 Å². The highest BCUT2D eigenvalue weighted by Crippen LogP contribution is 2.17. The maximum atomic E-state index is 12.8. The molecule has 0 saturated heterocycles. The van der Waals surface area contributed by atoms with Crippen molar-refractivity contribution in [2.24, 2.45) is 0 Å². The van der Waals surface area contributed by atoms with Gasteiger partial charge in [0.05, 0.1) is 0 Å². The van der Waals surface area contributed by atoms with E-state index in [1.807, 2.05) is 0 Å². The van der Waals surface area contributed by atoms with Crippen molar-refractivity contribution in [3.8, 4) is 0 Å². The minimum atomic E-state index is -0.782. The molecule has 0 amide bonds. The number of ether oxygens (including phenoxy) is 3. The van der Waals surface area contributed by atoms with Crippen molar-refractivity contribution in [1.29, 1.82) is 0 Å². The van der Waals surface area contributed by atoms with E-state index in [0.29, 0.717) is 19.3 Å². The zero-order valence-corrected chi connectivity index (χ0v) is 46.8. The molecule has 6 heteroatoms. The monoisotopic (exact) mass is 981 g/mol. The summed E-state index contributed by atoms with van der Waals surface area (Å²) in [7, 11) is 0. The smallest absolute Gasteiger partial charge is 0.306 e. The molecule has 0 rings (SSSR count). The first-order valence-electron chi connectivity index (χ1n) is 30.6. The van der Waals surface area contributed by atoms with Crippen molar-refractivity contribution in [1.82, 2.24) is 0 Å². The molecule has 0 aliphatic heterocycles. The Morgan fingerprint density at radius 3 is 0.843 bits per heavy atom. The van der Waals surface area contributed by atoms with Gasteiger partial charge in [-0.25, -0.2) is 0 Å². The second-order valence-electron chi connectivity index (χ2n) is 20.6. The Balaban J connectivity index is 4.17. The number of rotatable bonds is 56. The molecule has 0 aliphatic carbocycles. The highest BCUT2D eigenvalue weighted by Gasteiger charge is 2.19. The number of hydrogen-bond donors (Lipinski definition) is 0. The van der Waals surface area contributed by atoms with Gasteiger partial charge in [-0.15, -0.1) is 0 Å². The van der Waals surface area contributed by atoms with E-state index in [0.717, 1.165) is 89.9 Å². The van der Waals surface area contributed by atoms with E-state index in [1.54, 1.807) is 0 Å². The number of hydrogen-bond acceptors (Lipinski definition) is 6. The van der Waals surface area contributed by atoms with Gasteiger partial charge in [0.25, 0.3) is 0 Å². The van der Waals surface area contributed by atoms with Crippen LogP contribution in [-0.4, -0.2) is 37.2 Å². The molecule has 408 valence electrons. The van der Waals surface area contributed by atoms with Crippen LogP contribution in [0.5, 0.6) is 0 Å². The van der Waals surface area contributed by atoms with E-state index in [2.05, 4.69) is 69.4 Å². The van der Waals surface area contributed by atoms with E-state index in [9.17, 15) is 14.4 Å². The molecule has 6 nitrogen and oxygen atoms in total. The van der Waals surface area contributed by atoms with Gasteiger partial charge < -0.3 is 14.2 Å². The summed E-state index contributed by atoms with van der Waals surface area (Å²) in [4.78, 5) is 38.1. The molecule has 0 radical (unpaired) electrons. The molecule has 0 fully saturated rings. The number of carbonyl (C=O) groups is 3. The molecular weight excluding hydrogens is 865 g/mol. The van der Waals surface area contributed by atoms with Crippen LogP contribution in [0.25, 0.3) is 0 Å². The zero-order chi connectivity index (χ0) is 50.7. The average Bonchev–Trinajstić information content (AvgIpc) is 3.36. The van der Waals surface area contributed by atoms with Crippen LogP contribution in [0, 0.1) is 0 Å². The van der Waals surface area contributed by atoms with Crippen LogP contribution in [-0.2, 0) is 28.6 Å². The van der Waals surface area contributed by atoms with Crippen LogP contribution in [0.15, 0.2) is 48.6 Å². The minimum absolute atomic E-state index is 0.0792. The van der Waals surface area contributed by atoms with Crippen molar-refractivity contribution in [2.75, 3.05) is 13.2 Å². The maximum absolute atomic E-state index is 12.8. The van der Waals surface area contributed by atoms with Gasteiger partial charge in [0.2, 0.25) is 0 Å². The topological polar surface area (TPSA) is 78.9 Å². The predicted octanol–water partition coefficient (Wildman–Crippen LogP) is 20.6. The lowest BCUT2D eigenvalue weighted by Crippen LogP contribution is -2.30. The first kappa shape index (κ1) is 67.4. The zero-order valence-electron chi connectivity index (χ0n) is 46.8. The van der Waals surface area contributed by atoms with Crippen molar-refractivity contribution >= 4 is 17.9 Å². The highest BCUT2D eigenvalue weighted by molar-refractivity contribution is 5.71. The molecule has 0 aromatic carbocycles. The van der Waals surface area contributed by atoms with Crippen molar-refractivity contribution < 1.29 is 28.6 Å². The molecule has 70 heavy (non-hydrogen) atoms. The van der Waals surface area contributed by atoms with Gasteiger partial charge in [0.1, 0.15) is 13.2 Å². The fourth-order valence-corrected chi connectivity index (χ4v) is 8.85. The fourth-order valence-electron chi connectivity index (χ4n) is 8.85. The quantitative estimate of drug-likeness (QED) is 0.0261. The molecule has 0 N–H and O–H groups in total. The third-order valence-electron chi connectivity index (χ3n) is 13.5. The number of esters is 3. The SMILES string of the molecule is CCCC/C=C\C/C=C\CCCCCCCC(=O)OC(COC(=O)CCCCCCC/C=C\CCCC)COC(=O)CCCCCCCCCCCCCCCCC/C=C\CCCCCCCCCC. The summed E-state index contributed by atoms with van der Waals surface area (Å²) in [6, 6.07) is 0. The van der Waals surface area contributed by atoms with E-state index in [4.69, 9.17) is 14.2 Å².